The van der Waals surface area contributed by atoms with Crippen LogP contribution in [0.4, 0.5) is 11.6 Å². The summed E-state index contributed by atoms with van der Waals surface area (Å²) in [5.74, 6) is 0.334. The van der Waals surface area contributed by atoms with Crippen LogP contribution in [0.15, 0.2) is 0 Å². The molecule has 2 heterocycles. The summed E-state index contributed by atoms with van der Waals surface area (Å²) < 4.78 is 0. The zero-order chi connectivity index (χ0) is 9.42. The molecule has 7 nitrogen and oxygen atoms in total. The Morgan fingerprint density at radius 3 is 2.77 bits per heavy atom. The van der Waals surface area contributed by atoms with Crippen molar-refractivity contribution in [3.05, 3.63) is 5.69 Å². The number of aromatic amines is 1. The fourth-order valence-electron chi connectivity index (χ4n) is 0.946. The van der Waals surface area contributed by atoms with Gasteiger partial charge in [-0.15, -0.1) is 0 Å². The summed E-state index contributed by atoms with van der Waals surface area (Å²) in [5, 5.41) is 14.8. The summed E-state index contributed by atoms with van der Waals surface area (Å²) in [6, 6.07) is 1.81. The number of nitriles is 1. The zero-order valence-electron chi connectivity index (χ0n) is 6.44. The van der Waals surface area contributed by atoms with E-state index in [4.69, 9.17) is 16.7 Å². The third-order valence-corrected chi connectivity index (χ3v) is 1.55. The fourth-order valence-corrected chi connectivity index (χ4v) is 0.946. The molecule has 2 rings (SSSR count). The van der Waals surface area contributed by atoms with E-state index in [1.54, 1.807) is 0 Å². The molecular formula is C6H5N7. The maximum absolute atomic E-state index is 8.60. The van der Waals surface area contributed by atoms with Crippen molar-refractivity contribution in [2.75, 3.05) is 11.5 Å². The van der Waals surface area contributed by atoms with Crippen LogP contribution >= 0.6 is 0 Å². The normalized spacial score (nSPS) is 10.1. The Balaban J connectivity index is 2.86. The smallest absolute Gasteiger partial charge is 0.203 e. The lowest BCUT2D eigenvalue weighted by Gasteiger charge is -1.93. The topological polar surface area (TPSA) is 130 Å². The summed E-state index contributed by atoms with van der Waals surface area (Å²) in [6.07, 6.45) is 0. The average molecular weight is 175 g/mol. The van der Waals surface area contributed by atoms with E-state index in [2.05, 4.69) is 20.2 Å². The molecule has 0 unspecified atom stereocenters. The molecule has 0 fully saturated rings. The average Bonchev–Trinajstić information content (AvgIpc) is 2.46. The summed E-state index contributed by atoms with van der Waals surface area (Å²) in [7, 11) is 0. The Kier molecular flexibility index (Phi) is 1.30. The van der Waals surface area contributed by atoms with Gasteiger partial charge in [0.1, 0.15) is 11.9 Å². The van der Waals surface area contributed by atoms with Gasteiger partial charge in [-0.1, -0.05) is 0 Å². The number of nitrogens with zero attached hydrogens (tertiary/aromatic N) is 4. The summed E-state index contributed by atoms with van der Waals surface area (Å²) in [6.45, 7) is 0. The van der Waals surface area contributed by atoms with Crippen molar-refractivity contribution in [1.82, 2.24) is 20.2 Å². The first kappa shape index (κ1) is 7.30. The number of hydrogen-bond acceptors (Lipinski definition) is 6. The van der Waals surface area contributed by atoms with Gasteiger partial charge in [-0.05, 0) is 0 Å². The predicted octanol–water partition coefficient (Wildman–Crippen LogP) is -0.611. The van der Waals surface area contributed by atoms with Crippen LogP contribution in [0.2, 0.25) is 0 Å². The van der Waals surface area contributed by atoms with E-state index in [0.29, 0.717) is 11.2 Å². The predicted molar refractivity (Wildman–Crippen MR) is 45.2 cm³/mol. The van der Waals surface area contributed by atoms with E-state index in [0.717, 1.165) is 0 Å². The molecule has 0 aromatic carbocycles. The molecule has 0 aliphatic heterocycles. The largest absolute Gasteiger partial charge is 0.382 e. The Hall–Kier alpha value is -2.36. The second kappa shape index (κ2) is 2.31. The lowest BCUT2D eigenvalue weighted by atomic mass is 10.4. The minimum Gasteiger partial charge on any atom is -0.382 e. The van der Waals surface area contributed by atoms with Gasteiger partial charge in [-0.3, -0.25) is 5.10 Å². The Bertz CT molecular complexity index is 505. The molecule has 2 aromatic heterocycles. The first-order chi connectivity index (χ1) is 6.22. The molecule has 13 heavy (non-hydrogen) atoms. The van der Waals surface area contributed by atoms with Crippen molar-refractivity contribution in [3.63, 3.8) is 0 Å². The molecule has 2 aromatic rings. The molecular weight excluding hydrogens is 170 g/mol. The van der Waals surface area contributed by atoms with Crippen LogP contribution in [0.1, 0.15) is 5.69 Å². The summed E-state index contributed by atoms with van der Waals surface area (Å²) >= 11 is 0. The zero-order valence-corrected chi connectivity index (χ0v) is 6.44. The molecule has 0 radical (unpaired) electrons. The quantitative estimate of drug-likeness (QED) is 0.489. The highest BCUT2D eigenvalue weighted by atomic mass is 15.2. The van der Waals surface area contributed by atoms with Crippen LogP contribution in [0.25, 0.3) is 11.2 Å². The van der Waals surface area contributed by atoms with Crippen LogP contribution in [-0.2, 0) is 0 Å². The standard InChI is InChI=1S/C6H5N7/c7-1-2-4(8)11-6-3(10-2)5(9)12-13-6/h(H5,8,9,11,12,13). The van der Waals surface area contributed by atoms with E-state index in [-0.39, 0.29) is 17.3 Å². The van der Waals surface area contributed by atoms with E-state index in [1.807, 2.05) is 6.07 Å². The molecule has 0 saturated carbocycles. The van der Waals surface area contributed by atoms with E-state index in [9.17, 15) is 0 Å². The van der Waals surface area contributed by atoms with Gasteiger partial charge in [-0.25, -0.2) is 9.97 Å². The lowest BCUT2D eigenvalue weighted by molar-refractivity contribution is 1.10. The second-order valence-electron chi connectivity index (χ2n) is 2.38. The van der Waals surface area contributed by atoms with Gasteiger partial charge >= 0.3 is 0 Å². The molecule has 7 heteroatoms. The monoisotopic (exact) mass is 175 g/mol. The van der Waals surface area contributed by atoms with Gasteiger partial charge in [0.15, 0.2) is 17.0 Å². The van der Waals surface area contributed by atoms with E-state index in [1.165, 1.54) is 0 Å². The van der Waals surface area contributed by atoms with E-state index >= 15 is 0 Å². The van der Waals surface area contributed by atoms with Crippen LogP contribution in [0.3, 0.4) is 0 Å². The molecule has 64 valence electrons. The Labute approximate surface area is 72.4 Å². The van der Waals surface area contributed by atoms with Gasteiger partial charge in [0.2, 0.25) is 5.65 Å². The molecule has 0 atom stereocenters. The minimum absolute atomic E-state index is 0.0561. The maximum Gasteiger partial charge on any atom is 0.203 e. The van der Waals surface area contributed by atoms with Crippen molar-refractivity contribution in [3.8, 4) is 6.07 Å². The number of nitrogens with two attached hydrogens (primary N) is 2. The van der Waals surface area contributed by atoms with Gasteiger partial charge < -0.3 is 11.5 Å². The third kappa shape index (κ3) is 0.927. The highest BCUT2D eigenvalue weighted by molar-refractivity contribution is 5.83. The van der Waals surface area contributed by atoms with Gasteiger partial charge in [-0.2, -0.15) is 10.4 Å². The SMILES string of the molecule is N#Cc1nc2c(N)[nH]nc2nc1N. The number of H-pyrrole nitrogens is 1. The van der Waals surface area contributed by atoms with Crippen molar-refractivity contribution in [1.29, 1.82) is 5.26 Å². The molecule has 0 amide bonds. The number of nitrogen functional groups attached to an aromatic ring is 2. The number of anilines is 2. The molecule has 0 bridgehead atoms. The minimum atomic E-state index is 0.0561. The fraction of sp³-hybridized carbons (Fsp3) is 0. The lowest BCUT2D eigenvalue weighted by Crippen LogP contribution is -1.98. The Morgan fingerprint density at radius 1 is 1.31 bits per heavy atom. The third-order valence-electron chi connectivity index (χ3n) is 1.55. The van der Waals surface area contributed by atoms with Crippen LogP contribution < -0.4 is 11.5 Å². The highest BCUT2D eigenvalue weighted by Gasteiger charge is 2.09. The molecule has 5 N–H and O–H groups in total. The van der Waals surface area contributed by atoms with Crippen LogP contribution in [-0.4, -0.2) is 20.2 Å². The molecule has 0 spiro atoms. The van der Waals surface area contributed by atoms with Gasteiger partial charge in [0.25, 0.3) is 0 Å². The van der Waals surface area contributed by atoms with Crippen LogP contribution in [0, 0.1) is 11.3 Å². The first-order valence-corrected chi connectivity index (χ1v) is 3.39. The van der Waals surface area contributed by atoms with Crippen molar-refractivity contribution in [2.24, 2.45) is 0 Å². The Morgan fingerprint density at radius 2 is 2.08 bits per heavy atom. The first-order valence-electron chi connectivity index (χ1n) is 3.39. The molecule has 0 aliphatic rings. The number of fused-ring (bicyclic) bond motifs is 1. The van der Waals surface area contributed by atoms with Crippen molar-refractivity contribution >= 4 is 22.8 Å². The summed E-state index contributed by atoms with van der Waals surface area (Å²) in [5.41, 5.74) is 11.6. The van der Waals surface area contributed by atoms with Crippen molar-refractivity contribution in [2.45, 2.75) is 0 Å². The van der Waals surface area contributed by atoms with Crippen molar-refractivity contribution < 1.29 is 0 Å². The second-order valence-corrected chi connectivity index (χ2v) is 2.38. The summed E-state index contributed by atoms with van der Waals surface area (Å²) in [4.78, 5) is 7.72. The van der Waals surface area contributed by atoms with Crippen LogP contribution in [0.5, 0.6) is 0 Å². The number of aromatic nitrogens is 4. The van der Waals surface area contributed by atoms with Gasteiger partial charge in [0, 0.05) is 0 Å². The highest BCUT2D eigenvalue weighted by Crippen LogP contribution is 2.15. The van der Waals surface area contributed by atoms with E-state index < -0.39 is 0 Å². The molecule has 0 aliphatic carbocycles. The molecule has 0 saturated heterocycles. The van der Waals surface area contributed by atoms with Gasteiger partial charge in [0.05, 0.1) is 0 Å². The number of nitrogens with one attached hydrogen (secondary N) is 1. The number of hydrogen-bond donors (Lipinski definition) is 3. The number of rotatable bonds is 0. The maximum atomic E-state index is 8.60.